The average molecular weight is 330 g/mol. The molecule has 2 aromatic heterocycles. The highest BCUT2D eigenvalue weighted by Crippen LogP contribution is 2.19. The Kier molecular flexibility index (Phi) is 5.15. The van der Waals surface area contributed by atoms with Gasteiger partial charge in [0.25, 0.3) is 0 Å². The van der Waals surface area contributed by atoms with Gasteiger partial charge in [-0.1, -0.05) is 0 Å². The number of pyridine rings is 2. The Balaban J connectivity index is 1.67. The predicted octanol–water partition coefficient (Wildman–Crippen LogP) is 2.76. The Bertz CT molecular complexity index is 713. The lowest BCUT2D eigenvalue weighted by Crippen LogP contribution is -2.13. The molecule has 0 saturated carbocycles. The number of rotatable bonds is 6. The third kappa shape index (κ3) is 4.35. The van der Waals surface area contributed by atoms with E-state index in [2.05, 4.69) is 9.97 Å². The molecule has 2 aromatic rings. The van der Waals surface area contributed by atoms with Gasteiger partial charge in [-0.3, -0.25) is 9.78 Å². The monoisotopic (exact) mass is 330 g/mol. The van der Waals surface area contributed by atoms with Gasteiger partial charge in [-0.15, -0.1) is 0 Å². The maximum absolute atomic E-state index is 12.9. The molecular formula is C18H19FN2O3. The molecule has 3 rings (SSSR count). The number of nitrogens with zero attached hydrogens (tertiary/aromatic N) is 2. The van der Waals surface area contributed by atoms with Crippen molar-refractivity contribution in [3.05, 3.63) is 53.4 Å². The summed E-state index contributed by atoms with van der Waals surface area (Å²) in [6, 6.07) is 6.25. The molecule has 0 radical (unpaired) electrons. The van der Waals surface area contributed by atoms with Crippen LogP contribution in [0.4, 0.5) is 4.39 Å². The molecule has 0 aliphatic carbocycles. The van der Waals surface area contributed by atoms with E-state index in [-0.39, 0.29) is 12.2 Å². The number of carbonyl (C=O) groups is 1. The van der Waals surface area contributed by atoms with Crippen molar-refractivity contribution >= 4 is 5.78 Å². The number of ketones is 1. The van der Waals surface area contributed by atoms with Crippen LogP contribution in [0.25, 0.3) is 0 Å². The predicted molar refractivity (Wildman–Crippen MR) is 85.6 cm³/mol. The highest BCUT2D eigenvalue weighted by Gasteiger charge is 2.17. The van der Waals surface area contributed by atoms with Crippen LogP contribution in [0, 0.1) is 18.7 Å². The molecule has 0 amide bonds. The Morgan fingerprint density at radius 1 is 1.42 bits per heavy atom. The van der Waals surface area contributed by atoms with Gasteiger partial charge in [-0.2, -0.15) is 0 Å². The zero-order valence-electron chi connectivity index (χ0n) is 13.5. The highest BCUT2D eigenvalue weighted by atomic mass is 19.1. The molecule has 1 atom stereocenters. The summed E-state index contributed by atoms with van der Waals surface area (Å²) in [5.41, 5.74) is 1.56. The topological polar surface area (TPSA) is 61.3 Å². The fourth-order valence-electron chi connectivity index (χ4n) is 2.56. The summed E-state index contributed by atoms with van der Waals surface area (Å²) in [5, 5.41) is 0. The molecule has 1 saturated heterocycles. The van der Waals surface area contributed by atoms with Crippen LogP contribution in [0.15, 0.2) is 30.5 Å². The summed E-state index contributed by atoms with van der Waals surface area (Å²) < 4.78 is 24.0. The van der Waals surface area contributed by atoms with Gasteiger partial charge in [-0.25, -0.2) is 9.37 Å². The van der Waals surface area contributed by atoms with Crippen molar-refractivity contribution < 1.29 is 18.7 Å². The minimum atomic E-state index is -0.425. The van der Waals surface area contributed by atoms with Crippen molar-refractivity contribution in [3.63, 3.8) is 0 Å². The summed E-state index contributed by atoms with van der Waals surface area (Å²) in [5.74, 6) is 0.421. The van der Waals surface area contributed by atoms with E-state index in [0.717, 1.165) is 19.2 Å². The number of halogens is 1. The molecule has 0 N–H and O–H groups in total. The van der Waals surface area contributed by atoms with E-state index in [1.807, 2.05) is 13.0 Å². The van der Waals surface area contributed by atoms with Crippen LogP contribution in [-0.4, -0.2) is 35.6 Å². The summed E-state index contributed by atoms with van der Waals surface area (Å²) in [6.45, 7) is 3.87. The molecule has 1 aliphatic rings. The van der Waals surface area contributed by atoms with E-state index >= 15 is 0 Å². The molecule has 24 heavy (non-hydrogen) atoms. The molecule has 5 nitrogen and oxygen atoms in total. The van der Waals surface area contributed by atoms with Crippen LogP contribution in [0.3, 0.4) is 0 Å². The summed E-state index contributed by atoms with van der Waals surface area (Å²) in [4.78, 5) is 20.6. The first-order valence-corrected chi connectivity index (χ1v) is 7.93. The van der Waals surface area contributed by atoms with Gasteiger partial charge >= 0.3 is 0 Å². The fraction of sp³-hybridized carbons (Fsp3) is 0.389. The van der Waals surface area contributed by atoms with E-state index in [1.165, 1.54) is 12.1 Å². The number of Topliss-reactive ketones (excluding diaryl/α,β-unsaturated/α-hetero) is 1. The lowest BCUT2D eigenvalue weighted by atomic mass is 10.1. The first kappa shape index (κ1) is 16.5. The van der Waals surface area contributed by atoms with Crippen molar-refractivity contribution in [1.29, 1.82) is 0 Å². The standard InChI is InChI=1S/C18H19FN2O3/c1-12-6-16(24-11-13-4-5-23-10-13)8-17(21-12)18(22)7-15-3-2-14(19)9-20-15/h2-3,6,8-9,13H,4-5,7,10-11H2,1H3. The van der Waals surface area contributed by atoms with Crippen molar-refractivity contribution in [1.82, 2.24) is 9.97 Å². The van der Waals surface area contributed by atoms with Gasteiger partial charge in [0.1, 0.15) is 17.3 Å². The number of hydrogen-bond acceptors (Lipinski definition) is 5. The van der Waals surface area contributed by atoms with Crippen LogP contribution in [0.1, 0.15) is 28.3 Å². The lowest BCUT2D eigenvalue weighted by Gasteiger charge is -2.12. The second-order valence-electron chi connectivity index (χ2n) is 5.94. The lowest BCUT2D eigenvalue weighted by molar-refractivity contribution is 0.0986. The third-order valence-corrected chi connectivity index (χ3v) is 3.85. The zero-order chi connectivity index (χ0) is 16.9. The van der Waals surface area contributed by atoms with Crippen molar-refractivity contribution in [3.8, 4) is 5.75 Å². The summed E-state index contributed by atoms with van der Waals surface area (Å²) in [6.07, 6.45) is 2.17. The van der Waals surface area contributed by atoms with Gasteiger partial charge in [0.2, 0.25) is 0 Å². The van der Waals surface area contributed by atoms with Gasteiger partial charge in [0.15, 0.2) is 5.78 Å². The molecule has 0 bridgehead atoms. The second kappa shape index (κ2) is 7.49. The Hall–Kier alpha value is -2.34. The minimum absolute atomic E-state index is 0.0760. The highest BCUT2D eigenvalue weighted by molar-refractivity contribution is 5.95. The smallest absolute Gasteiger partial charge is 0.187 e. The largest absolute Gasteiger partial charge is 0.493 e. The van der Waals surface area contributed by atoms with Crippen LogP contribution in [0.2, 0.25) is 0 Å². The molecule has 3 heterocycles. The van der Waals surface area contributed by atoms with Crippen LogP contribution in [0.5, 0.6) is 5.75 Å². The SMILES string of the molecule is Cc1cc(OCC2CCOC2)cc(C(=O)Cc2ccc(F)cn2)n1. The normalized spacial score (nSPS) is 17.0. The number of aryl methyl sites for hydroxylation is 1. The first-order valence-electron chi connectivity index (χ1n) is 7.93. The van der Waals surface area contributed by atoms with E-state index in [4.69, 9.17) is 9.47 Å². The molecule has 6 heteroatoms. The molecule has 1 unspecified atom stereocenters. The number of carbonyl (C=O) groups excluding carboxylic acids is 1. The molecule has 1 aliphatic heterocycles. The fourth-order valence-corrected chi connectivity index (χ4v) is 2.56. The zero-order valence-corrected chi connectivity index (χ0v) is 13.5. The van der Waals surface area contributed by atoms with Gasteiger partial charge < -0.3 is 9.47 Å². The molecule has 0 spiro atoms. The summed E-state index contributed by atoms with van der Waals surface area (Å²) >= 11 is 0. The third-order valence-electron chi connectivity index (χ3n) is 3.85. The van der Waals surface area contributed by atoms with Gasteiger partial charge in [0.05, 0.1) is 25.8 Å². The first-order chi connectivity index (χ1) is 11.6. The minimum Gasteiger partial charge on any atom is -0.493 e. The van der Waals surface area contributed by atoms with Crippen molar-refractivity contribution in [2.75, 3.05) is 19.8 Å². The van der Waals surface area contributed by atoms with Crippen molar-refractivity contribution in [2.45, 2.75) is 19.8 Å². The Morgan fingerprint density at radius 3 is 3.00 bits per heavy atom. The van der Waals surface area contributed by atoms with E-state index in [0.29, 0.717) is 42.0 Å². The molecular weight excluding hydrogens is 311 g/mol. The van der Waals surface area contributed by atoms with Gasteiger partial charge in [0, 0.05) is 36.0 Å². The molecule has 1 fully saturated rings. The second-order valence-corrected chi connectivity index (χ2v) is 5.94. The quantitative estimate of drug-likeness (QED) is 0.762. The number of hydrogen-bond donors (Lipinski definition) is 0. The molecule has 0 aromatic carbocycles. The van der Waals surface area contributed by atoms with Crippen LogP contribution in [-0.2, 0) is 11.2 Å². The Labute approximate surface area is 139 Å². The maximum atomic E-state index is 12.9. The number of aromatic nitrogens is 2. The average Bonchev–Trinajstić information content (AvgIpc) is 3.08. The van der Waals surface area contributed by atoms with E-state index < -0.39 is 5.82 Å². The van der Waals surface area contributed by atoms with E-state index in [1.54, 1.807) is 6.07 Å². The Morgan fingerprint density at radius 2 is 2.29 bits per heavy atom. The van der Waals surface area contributed by atoms with E-state index in [9.17, 15) is 9.18 Å². The van der Waals surface area contributed by atoms with Gasteiger partial charge in [-0.05, 0) is 25.5 Å². The molecule has 126 valence electrons. The van der Waals surface area contributed by atoms with Crippen LogP contribution >= 0.6 is 0 Å². The summed E-state index contributed by atoms with van der Waals surface area (Å²) in [7, 11) is 0. The maximum Gasteiger partial charge on any atom is 0.187 e. The van der Waals surface area contributed by atoms with Crippen molar-refractivity contribution in [2.24, 2.45) is 5.92 Å². The number of ether oxygens (including phenoxy) is 2. The van der Waals surface area contributed by atoms with Crippen LogP contribution < -0.4 is 4.74 Å².